The lowest BCUT2D eigenvalue weighted by molar-refractivity contribution is 0.443. The van der Waals surface area contributed by atoms with Crippen LogP contribution in [0.2, 0.25) is 0 Å². The molecule has 3 heteroatoms. The number of benzene rings is 2. The maximum Gasteiger partial charge on any atom is 0.123 e. The second kappa shape index (κ2) is 5.11. The molecule has 0 radical (unpaired) electrons. The molecule has 2 aromatic rings. The number of hydrogen-bond acceptors (Lipinski definition) is 3. The van der Waals surface area contributed by atoms with Crippen molar-refractivity contribution < 1.29 is 5.11 Å². The van der Waals surface area contributed by atoms with Gasteiger partial charge in [-0.2, -0.15) is 0 Å². The van der Waals surface area contributed by atoms with Crippen LogP contribution in [0.15, 0.2) is 79.1 Å². The summed E-state index contributed by atoms with van der Waals surface area (Å²) in [5.41, 5.74) is 4.62. The average molecular weight is 288 g/mol. The Hall–Kier alpha value is -2.94. The van der Waals surface area contributed by atoms with Gasteiger partial charge in [0.05, 0.1) is 5.70 Å². The Kier molecular flexibility index (Phi) is 2.97. The third kappa shape index (κ3) is 2.17. The van der Waals surface area contributed by atoms with Gasteiger partial charge in [0.25, 0.3) is 0 Å². The fourth-order valence-corrected chi connectivity index (χ4v) is 2.84. The third-order valence-corrected chi connectivity index (χ3v) is 3.99. The van der Waals surface area contributed by atoms with Crippen LogP contribution in [-0.4, -0.2) is 16.2 Å². The monoisotopic (exact) mass is 288 g/mol. The summed E-state index contributed by atoms with van der Waals surface area (Å²) in [5, 5.41) is 12.8. The van der Waals surface area contributed by atoms with E-state index < -0.39 is 0 Å². The van der Waals surface area contributed by atoms with E-state index in [4.69, 9.17) is 0 Å². The summed E-state index contributed by atoms with van der Waals surface area (Å²) in [7, 11) is 0. The first-order valence-corrected chi connectivity index (χ1v) is 7.31. The summed E-state index contributed by atoms with van der Waals surface area (Å²) in [4.78, 5) is 2.22. The molecule has 0 aliphatic carbocycles. The number of allylic oxidation sites excluding steroid dienone is 2. The number of nitrogens with zero attached hydrogens (tertiary/aromatic N) is 1. The van der Waals surface area contributed by atoms with Crippen molar-refractivity contribution in [3.8, 4) is 5.75 Å². The molecule has 0 spiro atoms. The number of nitrogens with one attached hydrogen (secondary N) is 1. The molecule has 22 heavy (non-hydrogen) atoms. The summed E-state index contributed by atoms with van der Waals surface area (Å²) in [5.74, 6) is 0.290. The fraction of sp³-hybridized carbons (Fsp3) is 0.0526. The van der Waals surface area contributed by atoms with Crippen molar-refractivity contribution >= 4 is 11.3 Å². The van der Waals surface area contributed by atoms with Crippen molar-refractivity contribution in [2.24, 2.45) is 0 Å². The molecule has 2 aliphatic rings. The van der Waals surface area contributed by atoms with E-state index in [0.717, 1.165) is 11.1 Å². The van der Waals surface area contributed by atoms with Crippen LogP contribution in [0.5, 0.6) is 5.75 Å². The molecule has 2 heterocycles. The summed E-state index contributed by atoms with van der Waals surface area (Å²) < 4.78 is 0. The van der Waals surface area contributed by atoms with Crippen molar-refractivity contribution in [2.75, 3.05) is 0 Å². The standard InChI is InChI=1S/C19H16N2O/c22-17-8-6-14(7-9-17)16-10-11-21-18(13-20-19(21)12-16)15-4-2-1-3-5-15/h1-13,19-20,22H. The van der Waals surface area contributed by atoms with Crippen LogP contribution in [0.4, 0.5) is 0 Å². The fourth-order valence-electron chi connectivity index (χ4n) is 2.84. The van der Waals surface area contributed by atoms with Crippen LogP contribution < -0.4 is 5.32 Å². The lowest BCUT2D eigenvalue weighted by Gasteiger charge is -2.27. The lowest BCUT2D eigenvalue weighted by atomic mass is 10.0. The Labute approximate surface area is 129 Å². The lowest BCUT2D eigenvalue weighted by Crippen LogP contribution is -2.32. The predicted molar refractivity (Wildman–Crippen MR) is 88.4 cm³/mol. The van der Waals surface area contributed by atoms with Crippen molar-refractivity contribution in [1.29, 1.82) is 0 Å². The maximum atomic E-state index is 9.40. The highest BCUT2D eigenvalue weighted by atomic mass is 16.3. The SMILES string of the molecule is Oc1ccc(C2=CC3NC=C(c4ccccc4)N3C=C2)cc1. The zero-order valence-electron chi connectivity index (χ0n) is 12.0. The highest BCUT2D eigenvalue weighted by Crippen LogP contribution is 2.31. The second-order valence-electron chi connectivity index (χ2n) is 5.40. The Morgan fingerprint density at radius 2 is 1.68 bits per heavy atom. The van der Waals surface area contributed by atoms with Crippen LogP contribution in [0.25, 0.3) is 11.3 Å². The Morgan fingerprint density at radius 3 is 2.45 bits per heavy atom. The highest BCUT2D eigenvalue weighted by Gasteiger charge is 2.25. The van der Waals surface area contributed by atoms with E-state index in [9.17, 15) is 5.11 Å². The molecular weight excluding hydrogens is 272 g/mol. The third-order valence-electron chi connectivity index (χ3n) is 3.99. The van der Waals surface area contributed by atoms with Gasteiger partial charge in [-0.1, -0.05) is 42.5 Å². The summed E-state index contributed by atoms with van der Waals surface area (Å²) in [6.45, 7) is 0. The highest BCUT2D eigenvalue weighted by molar-refractivity contribution is 5.78. The van der Waals surface area contributed by atoms with Crippen LogP contribution >= 0.6 is 0 Å². The molecule has 0 fully saturated rings. The largest absolute Gasteiger partial charge is 0.508 e. The molecular formula is C19H16N2O. The van der Waals surface area contributed by atoms with Gasteiger partial charge in [0.15, 0.2) is 0 Å². The van der Waals surface area contributed by atoms with Gasteiger partial charge < -0.3 is 15.3 Å². The van der Waals surface area contributed by atoms with Crippen LogP contribution in [0.1, 0.15) is 11.1 Å². The summed E-state index contributed by atoms with van der Waals surface area (Å²) >= 11 is 0. The van der Waals surface area contributed by atoms with Gasteiger partial charge in [0.1, 0.15) is 11.9 Å². The maximum absolute atomic E-state index is 9.40. The van der Waals surface area contributed by atoms with E-state index in [1.54, 1.807) is 12.1 Å². The number of phenolic OH excluding ortho intramolecular Hbond substituents is 1. The van der Waals surface area contributed by atoms with Crippen LogP contribution in [0.3, 0.4) is 0 Å². The number of fused-ring (bicyclic) bond motifs is 1. The summed E-state index contributed by atoms with van der Waals surface area (Å²) in [6, 6.07) is 17.6. The van der Waals surface area contributed by atoms with E-state index in [1.807, 2.05) is 18.2 Å². The number of rotatable bonds is 2. The quantitative estimate of drug-likeness (QED) is 0.887. The molecule has 1 atom stereocenters. The Morgan fingerprint density at radius 1 is 0.909 bits per heavy atom. The van der Waals surface area contributed by atoms with Gasteiger partial charge in [-0.05, 0) is 41.0 Å². The molecule has 2 aliphatic heterocycles. The van der Waals surface area contributed by atoms with Crippen molar-refractivity contribution in [2.45, 2.75) is 6.17 Å². The minimum absolute atomic E-state index is 0.129. The average Bonchev–Trinajstić information content (AvgIpc) is 2.99. The molecule has 2 N–H and O–H groups in total. The minimum Gasteiger partial charge on any atom is -0.508 e. The molecule has 0 bridgehead atoms. The van der Waals surface area contributed by atoms with E-state index in [1.165, 1.54) is 11.3 Å². The van der Waals surface area contributed by atoms with Gasteiger partial charge in [-0.3, -0.25) is 0 Å². The second-order valence-corrected chi connectivity index (χ2v) is 5.40. The number of aromatic hydroxyl groups is 1. The predicted octanol–water partition coefficient (Wildman–Crippen LogP) is 3.53. The minimum atomic E-state index is 0.129. The Balaban J connectivity index is 1.61. The van der Waals surface area contributed by atoms with Gasteiger partial charge in [-0.25, -0.2) is 0 Å². The smallest absolute Gasteiger partial charge is 0.123 e. The van der Waals surface area contributed by atoms with E-state index >= 15 is 0 Å². The number of phenols is 1. The van der Waals surface area contributed by atoms with Gasteiger partial charge in [0.2, 0.25) is 0 Å². The van der Waals surface area contributed by atoms with Crippen molar-refractivity contribution in [3.05, 3.63) is 90.3 Å². The van der Waals surface area contributed by atoms with Crippen LogP contribution in [0, 0.1) is 0 Å². The zero-order chi connectivity index (χ0) is 14.9. The first-order valence-electron chi connectivity index (χ1n) is 7.31. The molecule has 1 unspecified atom stereocenters. The van der Waals surface area contributed by atoms with Gasteiger partial charge in [0, 0.05) is 12.4 Å². The zero-order valence-corrected chi connectivity index (χ0v) is 12.0. The molecule has 108 valence electrons. The molecule has 2 aromatic carbocycles. The van der Waals surface area contributed by atoms with Gasteiger partial charge in [-0.15, -0.1) is 0 Å². The molecule has 0 amide bonds. The molecule has 0 saturated heterocycles. The van der Waals surface area contributed by atoms with E-state index in [2.05, 4.69) is 59.0 Å². The molecule has 4 rings (SSSR count). The molecule has 0 saturated carbocycles. The van der Waals surface area contributed by atoms with E-state index in [0.29, 0.717) is 0 Å². The van der Waals surface area contributed by atoms with Gasteiger partial charge >= 0.3 is 0 Å². The van der Waals surface area contributed by atoms with Crippen LogP contribution in [-0.2, 0) is 0 Å². The topological polar surface area (TPSA) is 35.5 Å². The van der Waals surface area contributed by atoms with Crippen molar-refractivity contribution in [1.82, 2.24) is 10.2 Å². The van der Waals surface area contributed by atoms with E-state index in [-0.39, 0.29) is 11.9 Å². The Bertz CT molecular complexity index is 773. The number of hydrogen-bond donors (Lipinski definition) is 2. The first kappa shape index (κ1) is 12.8. The summed E-state index contributed by atoms with van der Waals surface area (Å²) in [6.07, 6.45) is 8.58. The molecule has 0 aromatic heterocycles. The molecule has 3 nitrogen and oxygen atoms in total. The normalized spacial score (nSPS) is 19.3. The van der Waals surface area contributed by atoms with Crippen molar-refractivity contribution in [3.63, 3.8) is 0 Å². The first-order chi connectivity index (χ1) is 10.8.